The van der Waals surface area contributed by atoms with Crippen LogP contribution in [0.1, 0.15) is 18.1 Å². The summed E-state index contributed by atoms with van der Waals surface area (Å²) in [7, 11) is 0. The molecule has 0 spiro atoms. The van der Waals surface area contributed by atoms with E-state index in [2.05, 4.69) is 21.3 Å². The van der Waals surface area contributed by atoms with Crippen molar-refractivity contribution in [3.8, 4) is 5.75 Å². The van der Waals surface area contributed by atoms with E-state index in [9.17, 15) is 29.1 Å². The average molecular weight is 513 g/mol. The van der Waals surface area contributed by atoms with E-state index in [1.165, 1.54) is 19.1 Å². The van der Waals surface area contributed by atoms with Crippen molar-refractivity contribution in [1.82, 2.24) is 21.3 Å². The molecule has 0 fully saturated rings. The summed E-state index contributed by atoms with van der Waals surface area (Å²) in [5, 5.41) is 19.2. The van der Waals surface area contributed by atoms with Gasteiger partial charge in [0.15, 0.2) is 0 Å². The van der Waals surface area contributed by atoms with Gasteiger partial charge in [-0.1, -0.05) is 42.5 Å². The smallest absolute Gasteiger partial charge is 0.243 e. The first-order valence-electron chi connectivity index (χ1n) is 11.6. The molecule has 0 unspecified atom stereocenters. The number of benzene rings is 2. The minimum absolute atomic E-state index is 0.0902. The Bertz CT molecular complexity index is 1090. The Morgan fingerprint density at radius 1 is 0.784 bits per heavy atom. The number of amides is 5. The van der Waals surface area contributed by atoms with Crippen LogP contribution in [0, 0.1) is 0 Å². The fraction of sp³-hybridized carbons (Fsp3) is 0.320. The molecule has 0 aromatic heterocycles. The van der Waals surface area contributed by atoms with Gasteiger partial charge >= 0.3 is 0 Å². The second kappa shape index (κ2) is 14.2. The van der Waals surface area contributed by atoms with Gasteiger partial charge < -0.3 is 37.8 Å². The predicted octanol–water partition coefficient (Wildman–Crippen LogP) is -1.79. The van der Waals surface area contributed by atoms with Gasteiger partial charge in [-0.15, -0.1) is 0 Å². The molecular formula is C25H32N6O6. The number of nitrogens with two attached hydrogens (primary N) is 2. The number of carbonyl (C=O) groups excluding carboxylic acids is 5. The molecular weight excluding hydrogens is 480 g/mol. The highest BCUT2D eigenvalue weighted by Crippen LogP contribution is 2.11. The lowest BCUT2D eigenvalue weighted by atomic mass is 10.0. The molecule has 0 saturated heterocycles. The van der Waals surface area contributed by atoms with E-state index in [1.54, 1.807) is 42.5 Å². The van der Waals surface area contributed by atoms with Crippen molar-refractivity contribution in [2.45, 2.75) is 37.9 Å². The summed E-state index contributed by atoms with van der Waals surface area (Å²) in [6, 6.07) is 12.2. The second-order valence-corrected chi connectivity index (χ2v) is 8.42. The fourth-order valence-electron chi connectivity index (χ4n) is 3.26. The van der Waals surface area contributed by atoms with E-state index in [0.29, 0.717) is 0 Å². The Morgan fingerprint density at radius 2 is 1.41 bits per heavy atom. The number of carbonyl (C=O) groups is 5. The number of rotatable bonds is 13. The maximum absolute atomic E-state index is 12.8. The van der Waals surface area contributed by atoms with Crippen molar-refractivity contribution >= 4 is 29.5 Å². The molecule has 0 bridgehead atoms. The van der Waals surface area contributed by atoms with Crippen molar-refractivity contribution in [3.63, 3.8) is 0 Å². The van der Waals surface area contributed by atoms with Crippen LogP contribution < -0.4 is 32.7 Å². The SMILES string of the molecule is C[C@@H](NC(=O)[C@@H](N)Cc1ccc(O)cc1)C(=O)N[C@@H](Cc1ccccc1)C(=O)NCC(=O)NCC(N)=O. The van der Waals surface area contributed by atoms with E-state index >= 15 is 0 Å². The number of primary amides is 1. The van der Waals surface area contributed by atoms with Gasteiger partial charge in [-0.3, -0.25) is 24.0 Å². The zero-order chi connectivity index (χ0) is 27.4. The maximum atomic E-state index is 12.8. The van der Waals surface area contributed by atoms with Crippen LogP contribution in [0.15, 0.2) is 54.6 Å². The highest BCUT2D eigenvalue weighted by molar-refractivity contribution is 5.94. The molecule has 198 valence electrons. The lowest BCUT2D eigenvalue weighted by Gasteiger charge is -2.22. The summed E-state index contributed by atoms with van der Waals surface area (Å²) < 4.78 is 0. The lowest BCUT2D eigenvalue weighted by Crippen LogP contribution is -2.56. The Balaban J connectivity index is 1.97. The molecule has 0 aliphatic carbocycles. The molecule has 0 aliphatic rings. The maximum Gasteiger partial charge on any atom is 0.243 e. The molecule has 5 amide bonds. The average Bonchev–Trinajstić information content (AvgIpc) is 2.87. The van der Waals surface area contributed by atoms with E-state index < -0.39 is 54.2 Å². The molecule has 2 aromatic carbocycles. The highest BCUT2D eigenvalue weighted by atomic mass is 16.3. The van der Waals surface area contributed by atoms with Gasteiger partial charge in [0.05, 0.1) is 19.1 Å². The molecule has 37 heavy (non-hydrogen) atoms. The molecule has 12 heteroatoms. The van der Waals surface area contributed by atoms with Gasteiger partial charge in [0.1, 0.15) is 17.8 Å². The molecule has 0 aliphatic heterocycles. The first-order chi connectivity index (χ1) is 17.5. The summed E-state index contributed by atoms with van der Waals surface area (Å²) in [4.78, 5) is 60.7. The van der Waals surface area contributed by atoms with Gasteiger partial charge in [-0.05, 0) is 36.6 Å². The zero-order valence-corrected chi connectivity index (χ0v) is 20.4. The molecule has 0 radical (unpaired) electrons. The van der Waals surface area contributed by atoms with Crippen LogP contribution in [0.25, 0.3) is 0 Å². The largest absolute Gasteiger partial charge is 0.508 e. The van der Waals surface area contributed by atoms with E-state index in [-0.39, 0.29) is 25.1 Å². The van der Waals surface area contributed by atoms with Gasteiger partial charge in [-0.2, -0.15) is 0 Å². The number of phenolic OH excluding ortho intramolecular Hbond substituents is 1. The third-order valence-electron chi connectivity index (χ3n) is 5.28. The predicted molar refractivity (Wildman–Crippen MR) is 135 cm³/mol. The number of nitrogens with one attached hydrogen (secondary N) is 4. The normalized spacial score (nSPS) is 12.9. The Kier molecular flexibility index (Phi) is 11.0. The van der Waals surface area contributed by atoms with Crippen molar-refractivity contribution < 1.29 is 29.1 Å². The van der Waals surface area contributed by atoms with Crippen LogP contribution >= 0.6 is 0 Å². The number of hydrogen-bond acceptors (Lipinski definition) is 7. The standard InChI is InChI=1S/C25H32N6O6/c1-15(30-24(36)19(26)11-17-7-9-18(32)10-8-17)23(35)31-20(12-16-5-3-2-4-6-16)25(37)29-14-22(34)28-13-21(27)33/h2-10,15,19-20,32H,11-14,26H2,1H3,(H2,27,33)(H,28,34)(H,29,37)(H,30,36)(H,31,35)/t15-,19+,20+/m1/s1. The summed E-state index contributed by atoms with van der Waals surface area (Å²) in [5.74, 6) is -3.08. The fourth-order valence-corrected chi connectivity index (χ4v) is 3.26. The minimum atomic E-state index is -1.05. The Hall–Kier alpha value is -4.45. The van der Waals surface area contributed by atoms with Crippen molar-refractivity contribution in [3.05, 3.63) is 65.7 Å². The third kappa shape index (κ3) is 10.4. The van der Waals surface area contributed by atoms with Crippen LogP contribution in [0.4, 0.5) is 0 Å². The first-order valence-corrected chi connectivity index (χ1v) is 11.6. The van der Waals surface area contributed by atoms with Crippen LogP contribution in [-0.2, 0) is 36.8 Å². The van der Waals surface area contributed by atoms with Crippen LogP contribution in [-0.4, -0.2) is 65.9 Å². The van der Waals surface area contributed by atoms with Crippen molar-refractivity contribution in [2.24, 2.45) is 11.5 Å². The Morgan fingerprint density at radius 3 is 2.03 bits per heavy atom. The summed E-state index contributed by atoms with van der Waals surface area (Å²) in [6.45, 7) is 0.659. The third-order valence-corrected chi connectivity index (χ3v) is 5.28. The molecule has 2 aromatic rings. The highest BCUT2D eigenvalue weighted by Gasteiger charge is 2.26. The monoisotopic (exact) mass is 512 g/mol. The van der Waals surface area contributed by atoms with Gasteiger partial charge in [0.25, 0.3) is 0 Å². The minimum Gasteiger partial charge on any atom is -0.508 e. The van der Waals surface area contributed by atoms with Crippen LogP contribution in [0.5, 0.6) is 5.75 Å². The molecule has 2 rings (SSSR count). The van der Waals surface area contributed by atoms with E-state index in [0.717, 1.165) is 11.1 Å². The van der Waals surface area contributed by atoms with Crippen molar-refractivity contribution in [1.29, 1.82) is 0 Å². The number of aromatic hydroxyl groups is 1. The topological polar surface area (TPSA) is 206 Å². The molecule has 3 atom stereocenters. The van der Waals surface area contributed by atoms with Gasteiger partial charge in [0, 0.05) is 6.42 Å². The van der Waals surface area contributed by atoms with E-state index in [1.807, 2.05) is 0 Å². The van der Waals surface area contributed by atoms with Crippen molar-refractivity contribution in [2.75, 3.05) is 13.1 Å². The first kappa shape index (κ1) is 28.8. The van der Waals surface area contributed by atoms with E-state index in [4.69, 9.17) is 11.5 Å². The molecule has 0 saturated carbocycles. The lowest BCUT2D eigenvalue weighted by molar-refractivity contribution is -0.132. The molecule has 12 nitrogen and oxygen atoms in total. The van der Waals surface area contributed by atoms with Crippen LogP contribution in [0.3, 0.4) is 0 Å². The van der Waals surface area contributed by atoms with Gasteiger partial charge in [-0.25, -0.2) is 0 Å². The second-order valence-electron chi connectivity index (χ2n) is 8.42. The molecule has 0 heterocycles. The quantitative estimate of drug-likeness (QED) is 0.164. The number of hydrogen-bond donors (Lipinski definition) is 7. The summed E-state index contributed by atoms with van der Waals surface area (Å²) >= 11 is 0. The molecule has 9 N–H and O–H groups in total. The zero-order valence-electron chi connectivity index (χ0n) is 20.4. The summed E-state index contributed by atoms with van der Waals surface area (Å²) in [5.41, 5.74) is 12.4. The van der Waals surface area contributed by atoms with Crippen LogP contribution in [0.2, 0.25) is 0 Å². The van der Waals surface area contributed by atoms with Gasteiger partial charge in [0.2, 0.25) is 29.5 Å². The Labute approximate surface area is 214 Å². The number of phenols is 1. The summed E-state index contributed by atoms with van der Waals surface area (Å²) in [6.07, 6.45) is 0.319.